The maximum Gasteiger partial charge on any atom is 0.328 e. The lowest BCUT2D eigenvalue weighted by atomic mass is 10.2. The second-order valence-corrected chi connectivity index (χ2v) is 4.47. The van der Waals surface area contributed by atoms with Crippen molar-refractivity contribution in [3.8, 4) is 0 Å². The van der Waals surface area contributed by atoms with Crippen molar-refractivity contribution in [1.82, 2.24) is 16.0 Å². The molecule has 3 atom stereocenters. The zero-order valence-corrected chi connectivity index (χ0v) is 10.8. The first-order valence-corrected chi connectivity index (χ1v) is 6.28. The van der Waals surface area contributed by atoms with Crippen molar-refractivity contribution in [3.05, 3.63) is 0 Å². The monoisotopic (exact) mass is 289 g/mol. The number of nitrogens with one attached hydrogen (secondary N) is 3. The summed E-state index contributed by atoms with van der Waals surface area (Å²) in [4.78, 5) is 34.2. The molecule has 0 aromatic carbocycles. The van der Waals surface area contributed by atoms with Crippen molar-refractivity contribution in [2.45, 2.75) is 31.0 Å². The second-order valence-electron chi connectivity index (χ2n) is 4.47. The summed E-state index contributed by atoms with van der Waals surface area (Å²) < 4.78 is 0. The van der Waals surface area contributed by atoms with Gasteiger partial charge < -0.3 is 31.3 Å². The van der Waals surface area contributed by atoms with Crippen LogP contribution in [0.2, 0.25) is 0 Å². The highest BCUT2D eigenvalue weighted by Gasteiger charge is 2.29. The number of hydrogen-bond acceptors (Lipinski definition) is 6. The van der Waals surface area contributed by atoms with Crippen LogP contribution < -0.4 is 16.0 Å². The minimum Gasteiger partial charge on any atom is -0.480 e. The van der Waals surface area contributed by atoms with E-state index in [1.54, 1.807) is 0 Å². The molecule has 9 nitrogen and oxygen atoms in total. The molecule has 1 aliphatic heterocycles. The number of aliphatic hydroxyl groups excluding tert-OH is 2. The summed E-state index contributed by atoms with van der Waals surface area (Å²) in [5.41, 5.74) is 0. The summed E-state index contributed by atoms with van der Waals surface area (Å²) in [5.74, 6) is -2.69. The summed E-state index contributed by atoms with van der Waals surface area (Å²) >= 11 is 0. The Bertz CT molecular complexity index is 369. The number of amides is 2. The summed E-state index contributed by atoms with van der Waals surface area (Å²) in [6, 6.07) is -3.14. The molecule has 0 radical (unpaired) electrons. The van der Waals surface area contributed by atoms with E-state index >= 15 is 0 Å². The third-order valence-electron chi connectivity index (χ3n) is 2.99. The minimum absolute atomic E-state index is 0.412. The average molecular weight is 289 g/mol. The number of carboxylic acid groups (broad SMARTS) is 1. The lowest BCUT2D eigenvalue weighted by Gasteiger charge is -2.20. The van der Waals surface area contributed by atoms with Gasteiger partial charge in [-0.25, -0.2) is 4.79 Å². The van der Waals surface area contributed by atoms with Gasteiger partial charge in [-0.3, -0.25) is 9.59 Å². The maximum absolute atomic E-state index is 11.8. The van der Waals surface area contributed by atoms with Gasteiger partial charge in [0.15, 0.2) is 0 Å². The lowest BCUT2D eigenvalue weighted by molar-refractivity contribution is -0.143. The van der Waals surface area contributed by atoms with Crippen molar-refractivity contribution in [2.75, 3.05) is 19.8 Å². The molecular weight excluding hydrogens is 270 g/mol. The van der Waals surface area contributed by atoms with E-state index in [4.69, 9.17) is 15.3 Å². The number of hydrogen-bond donors (Lipinski definition) is 6. The van der Waals surface area contributed by atoms with Gasteiger partial charge >= 0.3 is 5.97 Å². The molecule has 1 saturated heterocycles. The van der Waals surface area contributed by atoms with Crippen LogP contribution in [0.1, 0.15) is 12.8 Å². The van der Waals surface area contributed by atoms with Gasteiger partial charge in [0.05, 0.1) is 19.3 Å². The predicted molar refractivity (Wildman–Crippen MR) is 66.7 cm³/mol. The third-order valence-corrected chi connectivity index (χ3v) is 2.99. The van der Waals surface area contributed by atoms with Crippen LogP contribution in [0.5, 0.6) is 0 Å². The zero-order valence-electron chi connectivity index (χ0n) is 10.8. The molecule has 6 N–H and O–H groups in total. The first-order chi connectivity index (χ1) is 9.49. The Balaban J connectivity index is 2.53. The van der Waals surface area contributed by atoms with Crippen molar-refractivity contribution < 1.29 is 29.7 Å². The highest BCUT2D eigenvalue weighted by molar-refractivity contribution is 5.92. The predicted octanol–water partition coefficient (Wildman–Crippen LogP) is -3.22. The zero-order chi connectivity index (χ0) is 15.1. The molecule has 1 fully saturated rings. The molecule has 1 heterocycles. The quantitative estimate of drug-likeness (QED) is 0.289. The molecule has 0 saturated carbocycles. The highest BCUT2D eigenvalue weighted by atomic mass is 16.4. The summed E-state index contributed by atoms with van der Waals surface area (Å²) in [7, 11) is 0. The van der Waals surface area contributed by atoms with E-state index in [-0.39, 0.29) is 0 Å². The average Bonchev–Trinajstić information content (AvgIpc) is 2.95. The molecule has 1 aliphatic rings. The number of aliphatic carboxylic acids is 1. The van der Waals surface area contributed by atoms with Crippen molar-refractivity contribution in [2.24, 2.45) is 0 Å². The first-order valence-electron chi connectivity index (χ1n) is 6.28. The van der Waals surface area contributed by atoms with Gasteiger partial charge in [0, 0.05) is 0 Å². The molecular formula is C11H19N3O6. The van der Waals surface area contributed by atoms with Crippen molar-refractivity contribution >= 4 is 17.8 Å². The van der Waals surface area contributed by atoms with Crippen molar-refractivity contribution in [1.29, 1.82) is 0 Å². The van der Waals surface area contributed by atoms with E-state index in [1.807, 2.05) is 5.32 Å². The standard InChI is InChI=1S/C11H19N3O6/c15-4-7(10(18)14-8(5-16)11(19)20)13-9(17)6-2-1-3-12-6/h6-8,12,15-16H,1-5H2,(H,13,17)(H,14,18)(H,19,20)/t6-,7-,8-/m0/s1. The topological polar surface area (TPSA) is 148 Å². The molecule has 2 amide bonds. The molecule has 114 valence electrons. The number of carbonyl (C=O) groups excluding carboxylic acids is 2. The van der Waals surface area contributed by atoms with Crippen LogP contribution in [-0.2, 0) is 14.4 Å². The Morgan fingerprint density at radius 2 is 1.80 bits per heavy atom. The van der Waals surface area contributed by atoms with E-state index in [9.17, 15) is 14.4 Å². The number of rotatable bonds is 7. The van der Waals surface area contributed by atoms with Gasteiger partial charge in [-0.05, 0) is 19.4 Å². The van der Waals surface area contributed by atoms with E-state index in [0.717, 1.165) is 6.42 Å². The fourth-order valence-corrected chi connectivity index (χ4v) is 1.83. The summed E-state index contributed by atoms with van der Waals surface area (Å²) in [5, 5.41) is 33.9. The molecule has 20 heavy (non-hydrogen) atoms. The molecule has 0 aliphatic carbocycles. The smallest absolute Gasteiger partial charge is 0.328 e. The van der Waals surface area contributed by atoms with Gasteiger partial charge in [-0.1, -0.05) is 0 Å². The lowest BCUT2D eigenvalue weighted by Crippen LogP contribution is -2.56. The van der Waals surface area contributed by atoms with Crippen LogP contribution in [-0.4, -0.2) is 71.0 Å². The van der Waals surface area contributed by atoms with Crippen LogP contribution in [0.15, 0.2) is 0 Å². The van der Waals surface area contributed by atoms with Gasteiger partial charge in [-0.15, -0.1) is 0 Å². The Kier molecular flexibility index (Phi) is 6.36. The fourth-order valence-electron chi connectivity index (χ4n) is 1.83. The summed E-state index contributed by atoms with van der Waals surface area (Å²) in [6.45, 7) is -0.737. The van der Waals surface area contributed by atoms with Crippen LogP contribution in [0.25, 0.3) is 0 Å². The highest BCUT2D eigenvalue weighted by Crippen LogP contribution is 2.05. The van der Waals surface area contributed by atoms with Crippen LogP contribution >= 0.6 is 0 Å². The molecule has 0 aromatic heterocycles. The Hall–Kier alpha value is -1.71. The van der Waals surface area contributed by atoms with E-state index in [2.05, 4.69) is 10.6 Å². The van der Waals surface area contributed by atoms with Crippen LogP contribution in [0.4, 0.5) is 0 Å². The molecule has 0 aromatic rings. The Labute approximate surface area is 115 Å². The van der Waals surface area contributed by atoms with E-state index in [0.29, 0.717) is 13.0 Å². The number of carbonyl (C=O) groups is 3. The minimum atomic E-state index is -1.47. The van der Waals surface area contributed by atoms with Gasteiger partial charge in [0.1, 0.15) is 12.1 Å². The molecule has 0 spiro atoms. The Morgan fingerprint density at radius 3 is 2.25 bits per heavy atom. The summed E-state index contributed by atoms with van der Waals surface area (Å²) in [6.07, 6.45) is 1.49. The second kappa shape index (κ2) is 7.78. The molecule has 0 unspecified atom stereocenters. The number of aliphatic hydroxyl groups is 2. The Morgan fingerprint density at radius 1 is 1.15 bits per heavy atom. The van der Waals surface area contributed by atoms with Gasteiger partial charge in [0.2, 0.25) is 11.8 Å². The first kappa shape index (κ1) is 16.3. The van der Waals surface area contributed by atoms with Gasteiger partial charge in [0.25, 0.3) is 0 Å². The molecule has 0 bridgehead atoms. The van der Waals surface area contributed by atoms with Crippen molar-refractivity contribution in [3.63, 3.8) is 0 Å². The van der Waals surface area contributed by atoms with Crippen LogP contribution in [0.3, 0.4) is 0 Å². The molecule has 9 heteroatoms. The SMILES string of the molecule is O=C(O)[C@H](CO)NC(=O)[C@H](CO)NC(=O)[C@@H]1CCCN1. The van der Waals surface area contributed by atoms with E-state index in [1.165, 1.54) is 0 Å². The third kappa shape index (κ3) is 4.44. The molecule has 1 rings (SSSR count). The normalized spacial score (nSPS) is 21.0. The number of carboxylic acids is 1. The van der Waals surface area contributed by atoms with Crippen LogP contribution in [0, 0.1) is 0 Å². The largest absolute Gasteiger partial charge is 0.480 e. The van der Waals surface area contributed by atoms with Gasteiger partial charge in [-0.2, -0.15) is 0 Å². The maximum atomic E-state index is 11.8. The fraction of sp³-hybridized carbons (Fsp3) is 0.727. The van der Waals surface area contributed by atoms with E-state index < -0.39 is 49.1 Å².